The minimum absolute atomic E-state index is 0.0300. The molecule has 22 heavy (non-hydrogen) atoms. The highest BCUT2D eigenvalue weighted by molar-refractivity contribution is 6.31. The number of carbonyl (C=O) groups is 1. The first-order valence-corrected chi connectivity index (χ1v) is 7.41. The summed E-state index contributed by atoms with van der Waals surface area (Å²) in [4.78, 5) is 12.3. The van der Waals surface area contributed by atoms with Gasteiger partial charge in [-0.05, 0) is 49.2 Å². The van der Waals surface area contributed by atoms with Gasteiger partial charge in [0.2, 0.25) is 5.91 Å². The monoisotopic (exact) mass is 318 g/mol. The number of nitrogens with one attached hydrogen (secondary N) is 2. The fourth-order valence-corrected chi connectivity index (χ4v) is 2.23. The van der Waals surface area contributed by atoms with Gasteiger partial charge in [0.1, 0.15) is 6.04 Å². The molecule has 5 heteroatoms. The number of carbonyl (C=O) groups excluding carboxylic acids is 1. The molecule has 0 radical (unpaired) electrons. The zero-order valence-electron chi connectivity index (χ0n) is 12.6. The SMILES string of the molecule is Cc1c(Cl)cccc1NC(=O)C(C)Nc1cccc(CO)c1. The summed E-state index contributed by atoms with van der Waals surface area (Å²) in [6, 6.07) is 12.3. The maximum atomic E-state index is 12.3. The molecule has 1 unspecified atom stereocenters. The van der Waals surface area contributed by atoms with Crippen molar-refractivity contribution >= 4 is 28.9 Å². The molecule has 2 rings (SSSR count). The molecule has 2 aromatic rings. The van der Waals surface area contributed by atoms with E-state index in [0.717, 1.165) is 16.8 Å². The van der Waals surface area contributed by atoms with Crippen molar-refractivity contribution in [3.8, 4) is 0 Å². The molecule has 0 fully saturated rings. The highest BCUT2D eigenvalue weighted by Gasteiger charge is 2.14. The van der Waals surface area contributed by atoms with Gasteiger partial charge in [0.05, 0.1) is 6.61 Å². The lowest BCUT2D eigenvalue weighted by Crippen LogP contribution is -2.32. The van der Waals surface area contributed by atoms with E-state index >= 15 is 0 Å². The van der Waals surface area contributed by atoms with Crippen molar-refractivity contribution < 1.29 is 9.90 Å². The number of rotatable bonds is 5. The molecule has 0 spiro atoms. The van der Waals surface area contributed by atoms with Gasteiger partial charge in [-0.2, -0.15) is 0 Å². The van der Waals surface area contributed by atoms with Crippen molar-refractivity contribution in [3.63, 3.8) is 0 Å². The van der Waals surface area contributed by atoms with Crippen molar-refractivity contribution in [3.05, 3.63) is 58.6 Å². The van der Waals surface area contributed by atoms with E-state index in [2.05, 4.69) is 10.6 Å². The molecule has 0 aromatic heterocycles. The van der Waals surface area contributed by atoms with Crippen LogP contribution in [0.1, 0.15) is 18.1 Å². The predicted octanol–water partition coefficient (Wildman–Crippen LogP) is 3.58. The van der Waals surface area contributed by atoms with Crippen LogP contribution in [-0.2, 0) is 11.4 Å². The fourth-order valence-electron chi connectivity index (χ4n) is 2.06. The Balaban J connectivity index is 2.04. The van der Waals surface area contributed by atoms with Gasteiger partial charge < -0.3 is 15.7 Å². The second-order valence-electron chi connectivity index (χ2n) is 5.13. The quantitative estimate of drug-likeness (QED) is 0.789. The van der Waals surface area contributed by atoms with Gasteiger partial charge in [-0.3, -0.25) is 4.79 Å². The predicted molar refractivity (Wildman–Crippen MR) is 90.3 cm³/mol. The maximum absolute atomic E-state index is 12.3. The summed E-state index contributed by atoms with van der Waals surface area (Å²) < 4.78 is 0. The average Bonchev–Trinajstić information content (AvgIpc) is 2.52. The van der Waals surface area contributed by atoms with Crippen molar-refractivity contribution in [1.82, 2.24) is 0 Å². The number of aliphatic hydroxyl groups excluding tert-OH is 1. The van der Waals surface area contributed by atoms with Crippen LogP contribution >= 0.6 is 11.6 Å². The Labute approximate surface area is 135 Å². The lowest BCUT2D eigenvalue weighted by Gasteiger charge is -2.17. The van der Waals surface area contributed by atoms with E-state index in [-0.39, 0.29) is 12.5 Å². The summed E-state index contributed by atoms with van der Waals surface area (Å²) in [6.07, 6.45) is 0. The van der Waals surface area contributed by atoms with E-state index in [1.807, 2.05) is 37.3 Å². The second-order valence-corrected chi connectivity index (χ2v) is 5.53. The Kier molecular flexibility index (Phi) is 5.41. The minimum Gasteiger partial charge on any atom is -0.392 e. The topological polar surface area (TPSA) is 61.4 Å². The van der Waals surface area contributed by atoms with Crippen LogP contribution in [-0.4, -0.2) is 17.1 Å². The van der Waals surface area contributed by atoms with Crippen molar-refractivity contribution in [2.45, 2.75) is 26.5 Å². The average molecular weight is 319 g/mol. The molecule has 0 aliphatic heterocycles. The Morgan fingerprint density at radius 2 is 2.00 bits per heavy atom. The molecule has 3 N–H and O–H groups in total. The van der Waals surface area contributed by atoms with E-state index in [0.29, 0.717) is 10.7 Å². The van der Waals surface area contributed by atoms with Gasteiger partial charge in [0.15, 0.2) is 0 Å². The first kappa shape index (κ1) is 16.3. The van der Waals surface area contributed by atoms with Gasteiger partial charge in [0.25, 0.3) is 0 Å². The molecule has 1 amide bonds. The van der Waals surface area contributed by atoms with E-state index in [1.165, 1.54) is 0 Å². The number of amides is 1. The van der Waals surface area contributed by atoms with Gasteiger partial charge in [-0.25, -0.2) is 0 Å². The molecule has 0 bridgehead atoms. The molecular weight excluding hydrogens is 300 g/mol. The van der Waals surface area contributed by atoms with Crippen molar-refractivity contribution in [1.29, 1.82) is 0 Å². The Morgan fingerprint density at radius 3 is 2.73 bits per heavy atom. The smallest absolute Gasteiger partial charge is 0.246 e. The fraction of sp³-hybridized carbons (Fsp3) is 0.235. The number of aliphatic hydroxyl groups is 1. The van der Waals surface area contributed by atoms with Gasteiger partial charge in [-0.1, -0.05) is 29.8 Å². The van der Waals surface area contributed by atoms with Gasteiger partial charge in [0, 0.05) is 16.4 Å². The van der Waals surface area contributed by atoms with Crippen LogP contribution < -0.4 is 10.6 Å². The third kappa shape index (κ3) is 4.00. The molecule has 0 saturated heterocycles. The third-order valence-corrected chi connectivity index (χ3v) is 3.82. The van der Waals surface area contributed by atoms with Crippen LogP contribution in [0.15, 0.2) is 42.5 Å². The number of halogens is 1. The Hall–Kier alpha value is -2.04. The van der Waals surface area contributed by atoms with Crippen molar-refractivity contribution in [2.75, 3.05) is 10.6 Å². The van der Waals surface area contributed by atoms with Crippen molar-refractivity contribution in [2.24, 2.45) is 0 Å². The summed E-state index contributed by atoms with van der Waals surface area (Å²) in [5.74, 6) is -0.153. The standard InChI is InChI=1S/C17H19ClN2O2/c1-11-15(18)7-4-8-16(11)20-17(22)12(2)19-14-6-3-5-13(9-14)10-21/h3-9,12,19,21H,10H2,1-2H3,(H,20,22). The van der Waals surface area contributed by atoms with Gasteiger partial charge in [-0.15, -0.1) is 0 Å². The normalized spacial score (nSPS) is 11.8. The second kappa shape index (κ2) is 7.29. The van der Waals surface area contributed by atoms with Crippen LogP contribution in [0.2, 0.25) is 5.02 Å². The van der Waals surface area contributed by atoms with Crippen LogP contribution in [0.25, 0.3) is 0 Å². The summed E-state index contributed by atoms with van der Waals surface area (Å²) >= 11 is 6.05. The molecule has 0 aliphatic carbocycles. The zero-order valence-corrected chi connectivity index (χ0v) is 13.3. The highest BCUT2D eigenvalue weighted by Crippen LogP contribution is 2.23. The molecule has 2 aromatic carbocycles. The molecule has 116 valence electrons. The van der Waals surface area contributed by atoms with E-state index < -0.39 is 6.04 Å². The van der Waals surface area contributed by atoms with E-state index in [1.54, 1.807) is 19.1 Å². The third-order valence-electron chi connectivity index (χ3n) is 3.41. The van der Waals surface area contributed by atoms with Gasteiger partial charge >= 0.3 is 0 Å². The number of hydrogen-bond acceptors (Lipinski definition) is 3. The minimum atomic E-state index is -0.424. The molecular formula is C17H19ClN2O2. The number of benzene rings is 2. The summed E-state index contributed by atoms with van der Waals surface area (Å²) in [5, 5.41) is 15.7. The Bertz CT molecular complexity index is 673. The van der Waals surface area contributed by atoms with Crippen LogP contribution in [0.3, 0.4) is 0 Å². The highest BCUT2D eigenvalue weighted by atomic mass is 35.5. The molecule has 0 saturated carbocycles. The summed E-state index contributed by atoms with van der Waals surface area (Å²) in [6.45, 7) is 3.61. The molecule has 0 aliphatic rings. The van der Waals surface area contributed by atoms with E-state index in [9.17, 15) is 4.79 Å². The number of hydrogen-bond donors (Lipinski definition) is 3. The van der Waals surface area contributed by atoms with Crippen LogP contribution in [0.4, 0.5) is 11.4 Å². The lowest BCUT2D eigenvalue weighted by molar-refractivity contribution is -0.116. The lowest BCUT2D eigenvalue weighted by atomic mass is 10.1. The largest absolute Gasteiger partial charge is 0.392 e. The first-order valence-electron chi connectivity index (χ1n) is 7.03. The van der Waals surface area contributed by atoms with Crippen LogP contribution in [0.5, 0.6) is 0 Å². The molecule has 0 heterocycles. The zero-order chi connectivity index (χ0) is 16.1. The van der Waals surface area contributed by atoms with E-state index in [4.69, 9.17) is 16.7 Å². The Morgan fingerprint density at radius 1 is 1.27 bits per heavy atom. The summed E-state index contributed by atoms with van der Waals surface area (Å²) in [5.41, 5.74) is 3.13. The molecule has 1 atom stereocenters. The van der Waals surface area contributed by atoms with Crippen LogP contribution in [0, 0.1) is 6.92 Å². The first-order chi connectivity index (χ1) is 10.5. The number of anilines is 2. The maximum Gasteiger partial charge on any atom is 0.246 e. The molecule has 4 nitrogen and oxygen atoms in total. The summed E-state index contributed by atoms with van der Waals surface area (Å²) in [7, 11) is 0.